The fraction of sp³-hybridized carbons (Fsp3) is 0.917. The number of carbonyl (C=O) groups excluding carboxylic acids is 1. The van der Waals surface area contributed by atoms with Gasteiger partial charge in [0.1, 0.15) is 0 Å². The van der Waals surface area contributed by atoms with Crippen molar-refractivity contribution >= 4 is 5.91 Å². The standard InChI is InChI=1S/C12H23NO2/c1-9(6-7-14)8-13-12(15)11-5-3-4-10(11)2/h9-11,14H,3-8H2,1-2H3,(H,13,15). The van der Waals surface area contributed by atoms with Gasteiger partial charge in [-0.15, -0.1) is 0 Å². The van der Waals surface area contributed by atoms with Crippen LogP contribution in [0.15, 0.2) is 0 Å². The van der Waals surface area contributed by atoms with Gasteiger partial charge in [-0.2, -0.15) is 0 Å². The first-order valence-corrected chi connectivity index (χ1v) is 6.03. The van der Waals surface area contributed by atoms with Crippen molar-refractivity contribution < 1.29 is 9.90 Å². The molecule has 1 amide bonds. The normalized spacial score (nSPS) is 27.7. The van der Waals surface area contributed by atoms with Crippen molar-refractivity contribution in [3.05, 3.63) is 0 Å². The fourth-order valence-corrected chi connectivity index (χ4v) is 2.26. The highest BCUT2D eigenvalue weighted by Crippen LogP contribution is 2.31. The Labute approximate surface area is 92.3 Å². The molecule has 0 heterocycles. The molecule has 3 heteroatoms. The van der Waals surface area contributed by atoms with Crippen LogP contribution in [0.1, 0.15) is 39.5 Å². The molecule has 1 aliphatic rings. The molecule has 0 aliphatic heterocycles. The van der Waals surface area contributed by atoms with Crippen LogP contribution in [-0.2, 0) is 4.79 Å². The summed E-state index contributed by atoms with van der Waals surface area (Å²) in [7, 11) is 0. The molecule has 0 radical (unpaired) electrons. The lowest BCUT2D eigenvalue weighted by molar-refractivity contribution is -0.126. The number of aliphatic hydroxyl groups excluding tert-OH is 1. The number of hydrogen-bond acceptors (Lipinski definition) is 2. The third kappa shape index (κ3) is 3.82. The van der Waals surface area contributed by atoms with Gasteiger partial charge in [0.2, 0.25) is 5.91 Å². The molecule has 0 spiro atoms. The first-order chi connectivity index (χ1) is 7.15. The van der Waals surface area contributed by atoms with Crippen LogP contribution in [0.5, 0.6) is 0 Å². The summed E-state index contributed by atoms with van der Waals surface area (Å²) in [5, 5.41) is 11.7. The van der Waals surface area contributed by atoms with Gasteiger partial charge in [0.05, 0.1) is 0 Å². The Kier molecular flexibility index (Phi) is 5.09. The van der Waals surface area contributed by atoms with Crippen LogP contribution < -0.4 is 5.32 Å². The highest BCUT2D eigenvalue weighted by Gasteiger charge is 2.29. The molecule has 88 valence electrons. The summed E-state index contributed by atoms with van der Waals surface area (Å²) >= 11 is 0. The van der Waals surface area contributed by atoms with E-state index in [4.69, 9.17) is 5.11 Å². The highest BCUT2D eigenvalue weighted by molar-refractivity contribution is 5.79. The first-order valence-electron chi connectivity index (χ1n) is 6.03. The van der Waals surface area contributed by atoms with Crippen LogP contribution in [0.3, 0.4) is 0 Å². The molecule has 0 aromatic rings. The fourth-order valence-electron chi connectivity index (χ4n) is 2.26. The van der Waals surface area contributed by atoms with E-state index in [2.05, 4.69) is 19.2 Å². The van der Waals surface area contributed by atoms with Gasteiger partial charge in [0, 0.05) is 19.1 Å². The van der Waals surface area contributed by atoms with Gasteiger partial charge in [0.25, 0.3) is 0 Å². The van der Waals surface area contributed by atoms with E-state index in [1.54, 1.807) is 0 Å². The van der Waals surface area contributed by atoms with Crippen LogP contribution in [0, 0.1) is 17.8 Å². The molecule has 0 aromatic carbocycles. The summed E-state index contributed by atoms with van der Waals surface area (Å²) in [5.41, 5.74) is 0. The van der Waals surface area contributed by atoms with Crippen molar-refractivity contribution in [1.82, 2.24) is 5.32 Å². The number of hydrogen-bond donors (Lipinski definition) is 2. The first kappa shape index (κ1) is 12.5. The molecule has 2 N–H and O–H groups in total. The van der Waals surface area contributed by atoms with E-state index in [-0.39, 0.29) is 18.4 Å². The molecule has 0 saturated heterocycles. The summed E-state index contributed by atoms with van der Waals surface area (Å²) in [6.45, 7) is 5.11. The lowest BCUT2D eigenvalue weighted by Crippen LogP contribution is -2.35. The Morgan fingerprint density at radius 2 is 2.27 bits per heavy atom. The molecule has 1 rings (SSSR count). The largest absolute Gasteiger partial charge is 0.396 e. The minimum absolute atomic E-state index is 0.205. The summed E-state index contributed by atoms with van der Waals surface area (Å²) in [6, 6.07) is 0. The molecular formula is C12H23NO2. The molecule has 1 aliphatic carbocycles. The maximum Gasteiger partial charge on any atom is 0.223 e. The van der Waals surface area contributed by atoms with Gasteiger partial charge in [-0.3, -0.25) is 4.79 Å². The van der Waals surface area contributed by atoms with Gasteiger partial charge >= 0.3 is 0 Å². The third-order valence-electron chi connectivity index (χ3n) is 3.44. The van der Waals surface area contributed by atoms with E-state index >= 15 is 0 Å². The Morgan fingerprint density at radius 3 is 2.80 bits per heavy atom. The molecule has 3 unspecified atom stereocenters. The number of amides is 1. The molecule has 1 fully saturated rings. The topological polar surface area (TPSA) is 49.3 Å². The lowest BCUT2D eigenvalue weighted by Gasteiger charge is -2.17. The zero-order valence-electron chi connectivity index (χ0n) is 9.83. The zero-order valence-corrected chi connectivity index (χ0v) is 9.83. The van der Waals surface area contributed by atoms with E-state index in [1.165, 1.54) is 12.8 Å². The number of carbonyl (C=O) groups is 1. The SMILES string of the molecule is CC(CCO)CNC(=O)C1CCCC1C. The predicted octanol–water partition coefficient (Wildman–Crippen LogP) is 1.56. The Balaban J connectivity index is 2.23. The van der Waals surface area contributed by atoms with Crippen molar-refractivity contribution in [3.63, 3.8) is 0 Å². The Morgan fingerprint density at radius 1 is 1.53 bits per heavy atom. The van der Waals surface area contributed by atoms with Crippen LogP contribution in [0.4, 0.5) is 0 Å². The quantitative estimate of drug-likeness (QED) is 0.728. The van der Waals surface area contributed by atoms with Crippen LogP contribution in [0.25, 0.3) is 0 Å². The van der Waals surface area contributed by atoms with Gasteiger partial charge in [0.15, 0.2) is 0 Å². The number of aliphatic hydroxyl groups is 1. The minimum Gasteiger partial charge on any atom is -0.396 e. The van der Waals surface area contributed by atoms with E-state index in [0.29, 0.717) is 18.4 Å². The zero-order chi connectivity index (χ0) is 11.3. The van der Waals surface area contributed by atoms with E-state index < -0.39 is 0 Å². The molecule has 0 aromatic heterocycles. The van der Waals surface area contributed by atoms with Gasteiger partial charge < -0.3 is 10.4 Å². The molecule has 15 heavy (non-hydrogen) atoms. The second-order valence-electron chi connectivity index (χ2n) is 4.88. The second kappa shape index (κ2) is 6.11. The molecular weight excluding hydrogens is 190 g/mol. The maximum atomic E-state index is 11.8. The summed E-state index contributed by atoms with van der Waals surface area (Å²) < 4.78 is 0. The van der Waals surface area contributed by atoms with Crippen molar-refractivity contribution in [1.29, 1.82) is 0 Å². The monoisotopic (exact) mass is 213 g/mol. The highest BCUT2D eigenvalue weighted by atomic mass is 16.3. The van der Waals surface area contributed by atoms with Crippen molar-refractivity contribution in [2.75, 3.05) is 13.2 Å². The molecule has 3 atom stereocenters. The third-order valence-corrected chi connectivity index (χ3v) is 3.44. The van der Waals surface area contributed by atoms with E-state index in [9.17, 15) is 4.79 Å². The molecule has 0 bridgehead atoms. The van der Waals surface area contributed by atoms with Crippen molar-refractivity contribution in [2.24, 2.45) is 17.8 Å². The van der Waals surface area contributed by atoms with Crippen LogP contribution in [0.2, 0.25) is 0 Å². The van der Waals surface area contributed by atoms with Gasteiger partial charge in [-0.05, 0) is 31.1 Å². The minimum atomic E-state index is 0.205. The van der Waals surface area contributed by atoms with E-state index in [0.717, 1.165) is 12.8 Å². The summed E-state index contributed by atoms with van der Waals surface area (Å²) in [6.07, 6.45) is 4.18. The van der Waals surface area contributed by atoms with Crippen molar-refractivity contribution in [2.45, 2.75) is 39.5 Å². The second-order valence-corrected chi connectivity index (χ2v) is 4.88. The van der Waals surface area contributed by atoms with Gasteiger partial charge in [-0.1, -0.05) is 20.3 Å². The smallest absolute Gasteiger partial charge is 0.223 e. The van der Waals surface area contributed by atoms with Gasteiger partial charge in [-0.25, -0.2) is 0 Å². The number of rotatable bonds is 5. The van der Waals surface area contributed by atoms with Crippen LogP contribution >= 0.6 is 0 Å². The lowest BCUT2D eigenvalue weighted by atomic mass is 9.97. The Bertz CT molecular complexity index is 206. The maximum absolute atomic E-state index is 11.8. The Hall–Kier alpha value is -0.570. The van der Waals surface area contributed by atoms with Crippen LogP contribution in [-0.4, -0.2) is 24.2 Å². The summed E-state index contributed by atoms with van der Waals surface area (Å²) in [4.78, 5) is 11.8. The average molecular weight is 213 g/mol. The summed E-state index contributed by atoms with van der Waals surface area (Å²) in [5.74, 6) is 1.35. The predicted molar refractivity (Wildman–Crippen MR) is 60.4 cm³/mol. The molecule has 3 nitrogen and oxygen atoms in total. The van der Waals surface area contributed by atoms with Crippen molar-refractivity contribution in [3.8, 4) is 0 Å². The average Bonchev–Trinajstić information content (AvgIpc) is 2.61. The number of nitrogens with one attached hydrogen (secondary N) is 1. The molecule has 1 saturated carbocycles. The van der Waals surface area contributed by atoms with E-state index in [1.807, 2.05) is 0 Å².